The van der Waals surface area contributed by atoms with Gasteiger partial charge in [-0.15, -0.1) is 10.2 Å². The van der Waals surface area contributed by atoms with Crippen molar-refractivity contribution in [3.05, 3.63) is 76.3 Å². The minimum Gasteiger partial charge on any atom is -0.352 e. The zero-order valence-corrected chi connectivity index (χ0v) is 22.8. The van der Waals surface area contributed by atoms with E-state index in [-0.39, 0.29) is 30.3 Å². The van der Waals surface area contributed by atoms with E-state index in [4.69, 9.17) is 23.2 Å². The monoisotopic (exact) mass is 539 g/mol. The number of benzene rings is 2. The molecular formula is C28H31Cl2N5O2. The number of aromatic nitrogens is 2. The third kappa shape index (κ3) is 6.40. The lowest BCUT2D eigenvalue weighted by Gasteiger charge is -2.37. The zero-order valence-electron chi connectivity index (χ0n) is 21.3. The van der Waals surface area contributed by atoms with Crippen molar-refractivity contribution in [3.63, 3.8) is 0 Å². The zero-order chi connectivity index (χ0) is 26.5. The van der Waals surface area contributed by atoms with Crippen molar-refractivity contribution in [2.24, 2.45) is 5.92 Å². The largest absolute Gasteiger partial charge is 0.352 e. The maximum absolute atomic E-state index is 13.2. The average molecular weight is 540 g/mol. The fourth-order valence-corrected chi connectivity index (χ4v) is 4.92. The lowest BCUT2D eigenvalue weighted by Crippen LogP contribution is -2.52. The molecule has 0 aliphatic carbocycles. The summed E-state index contributed by atoms with van der Waals surface area (Å²) in [6, 6.07) is 18.7. The second-order valence-corrected chi connectivity index (χ2v) is 10.3. The Balaban J connectivity index is 1.38. The van der Waals surface area contributed by atoms with Crippen LogP contribution >= 0.6 is 23.2 Å². The number of carbonyl (C=O) groups excluding carboxylic acids is 2. The van der Waals surface area contributed by atoms with E-state index >= 15 is 0 Å². The number of nitrogens with zero attached hydrogens (tertiary/aromatic N) is 5. The average Bonchev–Trinajstić information content (AvgIpc) is 2.91. The van der Waals surface area contributed by atoms with Crippen molar-refractivity contribution in [2.45, 2.75) is 26.8 Å². The molecule has 0 radical (unpaired) electrons. The molecule has 9 heteroatoms. The van der Waals surface area contributed by atoms with E-state index in [2.05, 4.69) is 15.1 Å². The predicted octanol–water partition coefficient (Wildman–Crippen LogP) is 5.34. The van der Waals surface area contributed by atoms with Crippen LogP contribution in [0.15, 0.2) is 60.7 Å². The molecular weight excluding hydrogens is 509 g/mol. The van der Waals surface area contributed by atoms with Gasteiger partial charge < -0.3 is 14.7 Å². The molecule has 4 rings (SSSR count). The van der Waals surface area contributed by atoms with E-state index in [1.807, 2.05) is 74.2 Å². The summed E-state index contributed by atoms with van der Waals surface area (Å²) in [5.41, 5.74) is 2.45. The first kappa shape index (κ1) is 26.9. The number of carbonyl (C=O) groups is 2. The van der Waals surface area contributed by atoms with Gasteiger partial charge in [0.25, 0.3) is 0 Å². The number of rotatable bonds is 7. The predicted molar refractivity (Wildman–Crippen MR) is 148 cm³/mol. The summed E-state index contributed by atoms with van der Waals surface area (Å²) < 4.78 is 0. The molecule has 3 aromatic rings. The molecule has 2 aromatic carbocycles. The molecule has 1 atom stereocenters. The minimum atomic E-state index is -0.194. The first-order chi connectivity index (χ1) is 17.7. The van der Waals surface area contributed by atoms with E-state index in [0.29, 0.717) is 41.9 Å². The van der Waals surface area contributed by atoms with Crippen molar-refractivity contribution in [1.82, 2.24) is 20.0 Å². The number of amides is 2. The molecule has 37 heavy (non-hydrogen) atoms. The highest BCUT2D eigenvalue weighted by Gasteiger charge is 2.29. The molecule has 1 aliphatic heterocycles. The van der Waals surface area contributed by atoms with Crippen molar-refractivity contribution in [2.75, 3.05) is 37.6 Å². The van der Waals surface area contributed by atoms with Gasteiger partial charge in [-0.2, -0.15) is 0 Å². The number of piperazine rings is 1. The van der Waals surface area contributed by atoms with Gasteiger partial charge in [0.05, 0.1) is 16.8 Å². The number of hydrogen-bond donors (Lipinski definition) is 0. The SMILES string of the molecule is CC(C)C(=O)N(CC(=O)N1CCN(c2ccc(-c3ccc(Cl)cc3Cl)nn2)CC1)[C@@H](C)c1ccccc1. The van der Waals surface area contributed by atoms with Crippen LogP contribution in [0.3, 0.4) is 0 Å². The van der Waals surface area contributed by atoms with Gasteiger partial charge in [-0.25, -0.2) is 0 Å². The maximum Gasteiger partial charge on any atom is 0.242 e. The van der Waals surface area contributed by atoms with Crippen LogP contribution in [0.1, 0.15) is 32.4 Å². The molecule has 1 aromatic heterocycles. The number of anilines is 1. The van der Waals surface area contributed by atoms with E-state index in [0.717, 1.165) is 16.9 Å². The molecule has 1 aliphatic rings. The summed E-state index contributed by atoms with van der Waals surface area (Å²) in [5.74, 6) is 0.477. The minimum absolute atomic E-state index is 0.0282. The Morgan fingerprint density at radius 3 is 2.22 bits per heavy atom. The van der Waals surface area contributed by atoms with E-state index < -0.39 is 0 Å². The molecule has 2 heterocycles. The van der Waals surface area contributed by atoms with Crippen molar-refractivity contribution in [1.29, 1.82) is 0 Å². The van der Waals surface area contributed by atoms with Gasteiger partial charge in [-0.1, -0.05) is 67.4 Å². The lowest BCUT2D eigenvalue weighted by molar-refractivity contribution is -0.144. The number of hydrogen-bond acceptors (Lipinski definition) is 5. The first-order valence-corrected chi connectivity index (χ1v) is 13.2. The van der Waals surface area contributed by atoms with Gasteiger partial charge >= 0.3 is 0 Å². The molecule has 7 nitrogen and oxygen atoms in total. The lowest BCUT2D eigenvalue weighted by atomic mass is 10.0. The van der Waals surface area contributed by atoms with Crippen molar-refractivity contribution < 1.29 is 9.59 Å². The standard InChI is InChI=1S/C28H31Cl2N5O2/c1-19(2)28(37)35(20(3)21-7-5-4-6-8-21)18-27(36)34-15-13-33(14-16-34)26-12-11-25(31-32-26)23-10-9-22(29)17-24(23)30/h4-12,17,19-20H,13-16,18H2,1-3H3/t20-/m0/s1. The Bertz CT molecular complexity index is 1230. The van der Waals surface area contributed by atoms with Gasteiger partial charge in [0.2, 0.25) is 11.8 Å². The van der Waals surface area contributed by atoms with Crippen LogP contribution in [0.2, 0.25) is 10.0 Å². The second kappa shape index (κ2) is 11.9. The van der Waals surface area contributed by atoms with Gasteiger partial charge in [0.15, 0.2) is 5.82 Å². The van der Waals surface area contributed by atoms with Crippen LogP contribution in [0, 0.1) is 5.92 Å². The Morgan fingerprint density at radius 1 is 0.919 bits per heavy atom. The first-order valence-electron chi connectivity index (χ1n) is 12.4. The van der Waals surface area contributed by atoms with Gasteiger partial charge in [-0.3, -0.25) is 9.59 Å². The molecule has 194 valence electrons. The van der Waals surface area contributed by atoms with Gasteiger partial charge in [0, 0.05) is 42.7 Å². The topological polar surface area (TPSA) is 69.6 Å². The maximum atomic E-state index is 13.2. The second-order valence-electron chi connectivity index (χ2n) is 9.48. The smallest absolute Gasteiger partial charge is 0.242 e. The summed E-state index contributed by atoms with van der Waals surface area (Å²) >= 11 is 12.3. The summed E-state index contributed by atoms with van der Waals surface area (Å²) in [6.07, 6.45) is 0. The Labute approximate surface area is 228 Å². The van der Waals surface area contributed by atoms with Gasteiger partial charge in [0.1, 0.15) is 6.54 Å². The van der Waals surface area contributed by atoms with Crippen molar-refractivity contribution in [3.8, 4) is 11.3 Å². The van der Waals surface area contributed by atoms with E-state index in [1.54, 1.807) is 17.0 Å². The van der Waals surface area contributed by atoms with Crippen LogP contribution in [0.4, 0.5) is 5.82 Å². The summed E-state index contributed by atoms with van der Waals surface area (Å²) in [7, 11) is 0. The van der Waals surface area contributed by atoms with E-state index in [9.17, 15) is 9.59 Å². The molecule has 0 unspecified atom stereocenters. The molecule has 0 spiro atoms. The normalized spacial score (nSPS) is 14.5. The van der Waals surface area contributed by atoms with Crippen LogP contribution in [0.5, 0.6) is 0 Å². The van der Waals surface area contributed by atoms with Crippen LogP contribution in [-0.4, -0.2) is 64.5 Å². The third-order valence-corrected chi connectivity index (χ3v) is 7.19. The quantitative estimate of drug-likeness (QED) is 0.405. The Hall–Kier alpha value is -3.16. The summed E-state index contributed by atoms with van der Waals surface area (Å²) in [6.45, 7) is 8.13. The Kier molecular flexibility index (Phi) is 8.67. The highest BCUT2D eigenvalue weighted by atomic mass is 35.5. The molecule has 2 amide bonds. The Morgan fingerprint density at radius 2 is 1.62 bits per heavy atom. The summed E-state index contributed by atoms with van der Waals surface area (Å²) in [5, 5.41) is 9.82. The van der Waals surface area contributed by atoms with Crippen LogP contribution in [0.25, 0.3) is 11.3 Å². The highest BCUT2D eigenvalue weighted by molar-refractivity contribution is 6.36. The molecule has 0 saturated carbocycles. The fourth-order valence-electron chi connectivity index (χ4n) is 4.41. The van der Waals surface area contributed by atoms with Crippen LogP contribution < -0.4 is 4.90 Å². The molecule has 0 bridgehead atoms. The van der Waals surface area contributed by atoms with Crippen molar-refractivity contribution >= 4 is 40.8 Å². The fraction of sp³-hybridized carbons (Fsp3) is 0.357. The number of halogens is 2. The van der Waals surface area contributed by atoms with Gasteiger partial charge in [-0.05, 0) is 42.8 Å². The summed E-state index contributed by atoms with van der Waals surface area (Å²) in [4.78, 5) is 31.9. The highest BCUT2D eigenvalue weighted by Crippen LogP contribution is 2.29. The molecule has 0 N–H and O–H groups in total. The molecule has 1 saturated heterocycles. The third-order valence-electron chi connectivity index (χ3n) is 6.65. The molecule has 1 fully saturated rings. The van der Waals surface area contributed by atoms with E-state index in [1.165, 1.54) is 0 Å². The van der Waals surface area contributed by atoms with Crippen LogP contribution in [-0.2, 0) is 9.59 Å².